The van der Waals surface area contributed by atoms with E-state index >= 15 is 0 Å². The van der Waals surface area contributed by atoms with Gasteiger partial charge in [-0.2, -0.15) is 4.98 Å². The van der Waals surface area contributed by atoms with E-state index < -0.39 is 0 Å². The Morgan fingerprint density at radius 1 is 1.53 bits per heavy atom. The maximum Gasteiger partial charge on any atom is 0.239 e. The van der Waals surface area contributed by atoms with Gasteiger partial charge in [0.1, 0.15) is 6.33 Å². The minimum absolute atomic E-state index is 0.0401. The molecule has 0 unspecified atom stereocenters. The number of methoxy groups -OCH3 is 1. The Morgan fingerprint density at radius 2 is 2.37 bits per heavy atom. The van der Waals surface area contributed by atoms with Crippen molar-refractivity contribution in [3.8, 4) is 0 Å². The Balaban J connectivity index is 2.01. The van der Waals surface area contributed by atoms with Crippen LogP contribution in [0.1, 0.15) is 30.8 Å². The standard InChI is InChI=1S/C11H17N5O2S/c1-4-9-13-10(18-15-9)8(2)19-11-14-12-7-16(11)5-6-17-3/h7-8H,4-6H2,1-3H3/t8-/m0/s1. The highest BCUT2D eigenvalue weighted by Crippen LogP contribution is 2.32. The summed E-state index contributed by atoms with van der Waals surface area (Å²) in [5.41, 5.74) is 0. The number of aromatic nitrogens is 5. The maximum absolute atomic E-state index is 5.22. The summed E-state index contributed by atoms with van der Waals surface area (Å²) in [6, 6.07) is 0. The summed E-state index contributed by atoms with van der Waals surface area (Å²) in [5, 5.41) is 12.8. The molecule has 0 fully saturated rings. The van der Waals surface area contributed by atoms with Crippen LogP contribution < -0.4 is 0 Å². The van der Waals surface area contributed by atoms with Gasteiger partial charge in [0, 0.05) is 20.1 Å². The molecule has 0 saturated carbocycles. The molecule has 0 aliphatic carbocycles. The molecular weight excluding hydrogens is 266 g/mol. The van der Waals surface area contributed by atoms with Crippen LogP contribution in [0, 0.1) is 0 Å². The van der Waals surface area contributed by atoms with E-state index in [1.165, 1.54) is 0 Å². The molecule has 19 heavy (non-hydrogen) atoms. The van der Waals surface area contributed by atoms with Gasteiger partial charge in [0.15, 0.2) is 11.0 Å². The highest BCUT2D eigenvalue weighted by Gasteiger charge is 2.18. The first kappa shape index (κ1) is 14.0. The van der Waals surface area contributed by atoms with Gasteiger partial charge >= 0.3 is 0 Å². The molecule has 0 aliphatic rings. The molecule has 2 aromatic rings. The zero-order valence-electron chi connectivity index (χ0n) is 11.2. The van der Waals surface area contributed by atoms with Crippen molar-refractivity contribution in [2.75, 3.05) is 13.7 Å². The third-order valence-corrected chi connectivity index (χ3v) is 3.63. The maximum atomic E-state index is 5.22. The second-order valence-corrected chi connectivity index (χ2v) is 5.27. The summed E-state index contributed by atoms with van der Waals surface area (Å²) in [6.07, 6.45) is 2.46. The molecule has 0 radical (unpaired) electrons. The van der Waals surface area contributed by atoms with Gasteiger partial charge in [-0.1, -0.05) is 23.8 Å². The number of hydrogen-bond acceptors (Lipinski definition) is 7. The van der Waals surface area contributed by atoms with Crippen molar-refractivity contribution < 1.29 is 9.26 Å². The van der Waals surface area contributed by atoms with E-state index in [1.54, 1.807) is 25.2 Å². The molecule has 1 atom stereocenters. The SMILES string of the molecule is CCc1noc([C@H](C)Sc2nncn2CCOC)n1. The van der Waals surface area contributed by atoms with Crippen LogP contribution in [0.2, 0.25) is 0 Å². The van der Waals surface area contributed by atoms with E-state index in [9.17, 15) is 0 Å². The van der Waals surface area contributed by atoms with Gasteiger partial charge in [-0.15, -0.1) is 10.2 Å². The Morgan fingerprint density at radius 3 is 3.05 bits per heavy atom. The average molecular weight is 283 g/mol. The smallest absolute Gasteiger partial charge is 0.239 e. The van der Waals surface area contributed by atoms with Gasteiger partial charge in [0.25, 0.3) is 0 Å². The fourth-order valence-electron chi connectivity index (χ4n) is 1.46. The molecule has 8 heteroatoms. The largest absolute Gasteiger partial charge is 0.383 e. The third-order valence-electron chi connectivity index (χ3n) is 2.55. The Labute approximate surface area is 115 Å². The van der Waals surface area contributed by atoms with Gasteiger partial charge in [-0.25, -0.2) is 0 Å². The summed E-state index contributed by atoms with van der Waals surface area (Å²) in [7, 11) is 1.67. The molecule has 0 saturated heterocycles. The Hall–Kier alpha value is -1.41. The van der Waals surface area contributed by atoms with Crippen LogP contribution in [0.25, 0.3) is 0 Å². The second kappa shape index (κ2) is 6.67. The van der Waals surface area contributed by atoms with Crippen molar-refractivity contribution in [2.24, 2.45) is 0 Å². The number of aryl methyl sites for hydroxylation is 1. The molecule has 2 heterocycles. The lowest BCUT2D eigenvalue weighted by Gasteiger charge is -2.07. The van der Waals surface area contributed by atoms with Gasteiger partial charge in [-0.05, 0) is 6.92 Å². The summed E-state index contributed by atoms with van der Waals surface area (Å²) in [4.78, 5) is 4.32. The van der Waals surface area contributed by atoms with Crippen molar-refractivity contribution >= 4 is 11.8 Å². The quantitative estimate of drug-likeness (QED) is 0.716. The number of hydrogen-bond donors (Lipinski definition) is 0. The fraction of sp³-hybridized carbons (Fsp3) is 0.636. The molecule has 2 rings (SSSR count). The topological polar surface area (TPSA) is 78.9 Å². The second-order valence-electron chi connectivity index (χ2n) is 3.96. The molecule has 7 nitrogen and oxygen atoms in total. The Bertz CT molecular complexity index is 513. The predicted octanol–water partition coefficient (Wildman–Crippen LogP) is 1.72. The van der Waals surface area contributed by atoms with Crippen LogP contribution in [-0.2, 0) is 17.7 Å². The monoisotopic (exact) mass is 283 g/mol. The van der Waals surface area contributed by atoms with E-state index in [0.29, 0.717) is 12.5 Å². The average Bonchev–Trinajstić information content (AvgIpc) is 3.05. The first-order chi connectivity index (χ1) is 9.24. The van der Waals surface area contributed by atoms with E-state index in [2.05, 4.69) is 20.3 Å². The number of rotatable bonds is 7. The lowest BCUT2D eigenvalue weighted by molar-refractivity contribution is 0.184. The lowest BCUT2D eigenvalue weighted by atomic mass is 10.4. The summed E-state index contributed by atoms with van der Waals surface area (Å²) < 4.78 is 12.2. The molecule has 0 N–H and O–H groups in total. The highest BCUT2D eigenvalue weighted by atomic mass is 32.2. The van der Waals surface area contributed by atoms with Gasteiger partial charge < -0.3 is 13.8 Å². The van der Waals surface area contributed by atoms with Crippen LogP contribution in [-0.4, -0.2) is 38.6 Å². The molecule has 0 bridgehead atoms. The zero-order valence-corrected chi connectivity index (χ0v) is 12.1. The van der Waals surface area contributed by atoms with Crippen LogP contribution in [0.15, 0.2) is 16.0 Å². The molecule has 0 amide bonds. The van der Waals surface area contributed by atoms with Crippen molar-refractivity contribution in [3.05, 3.63) is 18.0 Å². The fourth-order valence-corrected chi connectivity index (χ4v) is 2.34. The normalized spacial score (nSPS) is 12.8. The number of nitrogens with zero attached hydrogens (tertiary/aromatic N) is 5. The van der Waals surface area contributed by atoms with E-state index in [4.69, 9.17) is 9.26 Å². The minimum Gasteiger partial charge on any atom is -0.383 e. The van der Waals surface area contributed by atoms with E-state index in [1.807, 2.05) is 18.4 Å². The van der Waals surface area contributed by atoms with E-state index in [-0.39, 0.29) is 5.25 Å². The summed E-state index contributed by atoms with van der Waals surface area (Å²) in [6.45, 7) is 5.35. The van der Waals surface area contributed by atoms with Gasteiger partial charge in [0.2, 0.25) is 5.89 Å². The van der Waals surface area contributed by atoms with Crippen molar-refractivity contribution in [1.29, 1.82) is 0 Å². The van der Waals surface area contributed by atoms with Crippen molar-refractivity contribution in [2.45, 2.75) is 37.2 Å². The van der Waals surface area contributed by atoms with Crippen molar-refractivity contribution in [3.63, 3.8) is 0 Å². The zero-order chi connectivity index (χ0) is 13.7. The molecule has 104 valence electrons. The summed E-state index contributed by atoms with van der Waals surface area (Å²) >= 11 is 1.54. The van der Waals surface area contributed by atoms with Crippen molar-refractivity contribution in [1.82, 2.24) is 24.9 Å². The summed E-state index contributed by atoms with van der Waals surface area (Å²) in [5.74, 6) is 1.34. The minimum atomic E-state index is 0.0401. The van der Waals surface area contributed by atoms with E-state index in [0.717, 1.165) is 23.9 Å². The first-order valence-electron chi connectivity index (χ1n) is 6.10. The predicted molar refractivity (Wildman–Crippen MR) is 69.8 cm³/mol. The molecule has 2 aromatic heterocycles. The van der Waals surface area contributed by atoms with Crippen LogP contribution in [0.5, 0.6) is 0 Å². The molecular formula is C11H17N5O2S. The van der Waals surface area contributed by atoms with Crippen LogP contribution in [0.3, 0.4) is 0 Å². The molecule has 0 spiro atoms. The van der Waals surface area contributed by atoms with Gasteiger partial charge in [0.05, 0.1) is 11.9 Å². The number of thioether (sulfide) groups is 1. The highest BCUT2D eigenvalue weighted by molar-refractivity contribution is 7.99. The Kier molecular flexibility index (Phi) is 4.92. The number of ether oxygens (including phenoxy) is 1. The molecule has 0 aliphatic heterocycles. The lowest BCUT2D eigenvalue weighted by Crippen LogP contribution is -2.05. The van der Waals surface area contributed by atoms with Gasteiger partial charge in [-0.3, -0.25) is 0 Å². The first-order valence-corrected chi connectivity index (χ1v) is 6.98. The third kappa shape index (κ3) is 3.54. The molecule has 0 aromatic carbocycles. The van der Waals surface area contributed by atoms with Crippen LogP contribution >= 0.6 is 11.8 Å². The van der Waals surface area contributed by atoms with Crippen LogP contribution in [0.4, 0.5) is 0 Å².